The van der Waals surface area contributed by atoms with Crippen molar-refractivity contribution in [3.05, 3.63) is 69.8 Å². The molecule has 0 fully saturated rings. The zero-order valence-corrected chi connectivity index (χ0v) is 9.96. The van der Waals surface area contributed by atoms with Gasteiger partial charge in [-0.05, 0) is 33.9 Å². The Morgan fingerprint density at radius 1 is 0.947 bits per heavy atom. The molecule has 0 amide bonds. The summed E-state index contributed by atoms with van der Waals surface area (Å²) in [6.45, 7) is 0. The molecule has 0 radical (unpaired) electrons. The second-order valence-electron chi connectivity index (χ2n) is 4.70. The van der Waals surface area contributed by atoms with Crippen LogP contribution < -0.4 is 0 Å². The van der Waals surface area contributed by atoms with Crippen LogP contribution in [0.25, 0.3) is 33.3 Å². The fourth-order valence-electron chi connectivity index (χ4n) is 2.90. The predicted molar refractivity (Wildman–Crippen MR) is 76.3 cm³/mol. The van der Waals surface area contributed by atoms with Crippen LogP contribution in [0.5, 0.6) is 0 Å². The van der Waals surface area contributed by atoms with E-state index in [1.807, 2.05) is 42.5 Å². The van der Waals surface area contributed by atoms with Gasteiger partial charge < -0.3 is 0 Å². The number of rotatable bonds is 1. The quantitative estimate of drug-likeness (QED) is 0.369. The molecule has 0 atom stereocenters. The van der Waals surface area contributed by atoms with Crippen LogP contribution in [0.1, 0.15) is 11.1 Å². The highest BCUT2D eigenvalue weighted by Crippen LogP contribution is 2.40. The Bertz CT molecular complexity index is 894. The largest absolute Gasteiger partial charge is 0.277 e. The van der Waals surface area contributed by atoms with Gasteiger partial charge in [0.2, 0.25) is 0 Å². The molecule has 3 aromatic rings. The van der Waals surface area contributed by atoms with Crippen molar-refractivity contribution < 1.29 is 4.92 Å². The Kier molecular flexibility index (Phi) is 1.85. The minimum atomic E-state index is -0.306. The second-order valence-corrected chi connectivity index (χ2v) is 4.70. The average Bonchev–Trinajstić information content (AvgIpc) is 2.80. The number of hydrogen-bond acceptors (Lipinski definition) is 2. The van der Waals surface area contributed by atoms with Gasteiger partial charge in [0.1, 0.15) is 0 Å². The van der Waals surface area contributed by atoms with Crippen molar-refractivity contribution in [1.29, 1.82) is 0 Å². The summed E-state index contributed by atoms with van der Waals surface area (Å²) in [6.07, 6.45) is 1.67. The van der Waals surface area contributed by atoms with Crippen LogP contribution in [0.15, 0.2) is 48.5 Å². The van der Waals surface area contributed by atoms with Crippen LogP contribution in [0.3, 0.4) is 0 Å². The van der Waals surface area contributed by atoms with Crippen LogP contribution in [0, 0.1) is 10.1 Å². The molecule has 0 bridgehead atoms. The summed E-state index contributed by atoms with van der Waals surface area (Å²) < 4.78 is 0. The van der Waals surface area contributed by atoms with Crippen molar-refractivity contribution in [2.75, 3.05) is 0 Å². The van der Waals surface area contributed by atoms with E-state index in [2.05, 4.69) is 6.07 Å². The lowest BCUT2D eigenvalue weighted by atomic mass is 9.97. The molecule has 0 saturated heterocycles. The molecule has 4 rings (SSSR count). The van der Waals surface area contributed by atoms with Gasteiger partial charge in [-0.25, -0.2) is 0 Å². The molecule has 90 valence electrons. The van der Waals surface area contributed by atoms with Gasteiger partial charge in [0.05, 0.1) is 10.5 Å². The number of fused-ring (bicyclic) bond motifs is 2. The van der Waals surface area contributed by atoms with Crippen molar-refractivity contribution in [1.82, 2.24) is 0 Å². The normalized spacial score (nSPS) is 12.9. The van der Waals surface area contributed by atoms with Gasteiger partial charge in [-0.1, -0.05) is 36.4 Å². The molecule has 3 aromatic carbocycles. The van der Waals surface area contributed by atoms with Gasteiger partial charge in [-0.3, -0.25) is 10.1 Å². The number of benzene rings is 3. The van der Waals surface area contributed by atoms with E-state index >= 15 is 0 Å². The van der Waals surface area contributed by atoms with Gasteiger partial charge >= 0.3 is 0 Å². The lowest BCUT2D eigenvalue weighted by Crippen LogP contribution is -1.94. The SMILES string of the molecule is O=[N+]([O-])C1=Cc2cc3ccccc3c3cccc1c23. The topological polar surface area (TPSA) is 43.1 Å². The molecule has 0 heterocycles. The van der Waals surface area contributed by atoms with E-state index in [1.165, 1.54) is 0 Å². The van der Waals surface area contributed by atoms with E-state index < -0.39 is 0 Å². The summed E-state index contributed by atoms with van der Waals surface area (Å²) in [7, 11) is 0. The lowest BCUT2D eigenvalue weighted by Gasteiger charge is -2.06. The van der Waals surface area contributed by atoms with Crippen LogP contribution >= 0.6 is 0 Å². The first-order valence-electron chi connectivity index (χ1n) is 6.06. The molecule has 0 aromatic heterocycles. The maximum Gasteiger partial charge on any atom is 0.277 e. The second kappa shape index (κ2) is 3.42. The molecule has 0 unspecified atom stereocenters. The first kappa shape index (κ1) is 10.3. The molecule has 3 heteroatoms. The smallest absolute Gasteiger partial charge is 0.258 e. The maximum absolute atomic E-state index is 11.1. The summed E-state index contributed by atoms with van der Waals surface area (Å²) in [4.78, 5) is 10.8. The molecule has 19 heavy (non-hydrogen) atoms. The van der Waals surface area contributed by atoms with Gasteiger partial charge in [0.15, 0.2) is 0 Å². The maximum atomic E-state index is 11.1. The van der Waals surface area contributed by atoms with E-state index in [0.717, 1.165) is 32.7 Å². The van der Waals surface area contributed by atoms with Crippen molar-refractivity contribution >= 4 is 33.3 Å². The van der Waals surface area contributed by atoms with Gasteiger partial charge in [0.25, 0.3) is 5.70 Å². The molecule has 1 aliphatic carbocycles. The van der Waals surface area contributed by atoms with Gasteiger partial charge in [0, 0.05) is 11.5 Å². The van der Waals surface area contributed by atoms with Crippen molar-refractivity contribution in [2.45, 2.75) is 0 Å². The van der Waals surface area contributed by atoms with E-state index in [1.54, 1.807) is 6.08 Å². The summed E-state index contributed by atoms with van der Waals surface area (Å²) in [5, 5.41) is 15.5. The fraction of sp³-hybridized carbons (Fsp3) is 0. The van der Waals surface area contributed by atoms with Crippen LogP contribution in [0.4, 0.5) is 0 Å². The molecule has 0 saturated carbocycles. The van der Waals surface area contributed by atoms with Crippen molar-refractivity contribution in [3.63, 3.8) is 0 Å². The summed E-state index contributed by atoms with van der Waals surface area (Å²) in [6, 6.07) is 15.8. The summed E-state index contributed by atoms with van der Waals surface area (Å²) in [5.74, 6) is 0. The number of hydrogen-bond donors (Lipinski definition) is 0. The highest BCUT2D eigenvalue weighted by atomic mass is 16.6. The zero-order valence-electron chi connectivity index (χ0n) is 9.96. The molecular weight excluding hydrogens is 238 g/mol. The Labute approximate surface area is 108 Å². The molecule has 1 aliphatic rings. The molecule has 0 aliphatic heterocycles. The molecule has 3 nitrogen and oxygen atoms in total. The van der Waals surface area contributed by atoms with E-state index in [-0.39, 0.29) is 10.6 Å². The Morgan fingerprint density at radius 2 is 1.74 bits per heavy atom. The molecule has 0 spiro atoms. The summed E-state index contributed by atoms with van der Waals surface area (Å²) >= 11 is 0. The minimum Gasteiger partial charge on any atom is -0.258 e. The number of nitro groups is 1. The Balaban J connectivity index is 2.25. The highest BCUT2D eigenvalue weighted by molar-refractivity contribution is 6.17. The monoisotopic (exact) mass is 247 g/mol. The molecule has 0 N–H and O–H groups in total. The van der Waals surface area contributed by atoms with E-state index in [0.29, 0.717) is 0 Å². The molecular formula is C16H9NO2. The summed E-state index contributed by atoms with van der Waals surface area (Å²) in [5.41, 5.74) is 1.86. The first-order chi connectivity index (χ1) is 9.25. The van der Waals surface area contributed by atoms with Gasteiger partial charge in [-0.2, -0.15) is 0 Å². The first-order valence-corrected chi connectivity index (χ1v) is 6.06. The Hall–Kier alpha value is -2.68. The zero-order chi connectivity index (χ0) is 13.0. The fourth-order valence-corrected chi connectivity index (χ4v) is 2.90. The van der Waals surface area contributed by atoms with Crippen LogP contribution in [-0.2, 0) is 0 Å². The predicted octanol–water partition coefficient (Wildman–Crippen LogP) is 4.08. The highest BCUT2D eigenvalue weighted by Gasteiger charge is 2.25. The average molecular weight is 247 g/mol. The standard InChI is InChI=1S/C16H9NO2/c18-17(19)15-9-11-8-10-4-1-2-5-12(10)13-6-3-7-14(15)16(11)13/h1-9H. The van der Waals surface area contributed by atoms with E-state index in [4.69, 9.17) is 0 Å². The van der Waals surface area contributed by atoms with Crippen LogP contribution in [-0.4, -0.2) is 4.92 Å². The van der Waals surface area contributed by atoms with Crippen LogP contribution in [0.2, 0.25) is 0 Å². The minimum absolute atomic E-state index is 0.191. The third kappa shape index (κ3) is 1.27. The van der Waals surface area contributed by atoms with E-state index in [9.17, 15) is 10.1 Å². The van der Waals surface area contributed by atoms with Crippen molar-refractivity contribution in [2.24, 2.45) is 0 Å². The van der Waals surface area contributed by atoms with Crippen molar-refractivity contribution in [3.8, 4) is 0 Å². The Morgan fingerprint density at radius 3 is 2.58 bits per heavy atom. The number of nitrogens with zero attached hydrogens (tertiary/aromatic N) is 1. The van der Waals surface area contributed by atoms with Gasteiger partial charge in [-0.15, -0.1) is 0 Å². The third-order valence-electron chi connectivity index (χ3n) is 3.68. The lowest BCUT2D eigenvalue weighted by molar-refractivity contribution is -0.374. The third-order valence-corrected chi connectivity index (χ3v) is 3.68.